The maximum absolute atomic E-state index is 12.0. The lowest BCUT2D eigenvalue weighted by molar-refractivity contribution is 0.0636. The van der Waals surface area contributed by atoms with Gasteiger partial charge in [0.15, 0.2) is 0 Å². The average molecular weight is 335 g/mol. The Labute approximate surface area is 146 Å². The predicted molar refractivity (Wildman–Crippen MR) is 103 cm³/mol. The van der Waals surface area contributed by atoms with Gasteiger partial charge in [-0.05, 0) is 59.2 Å². The number of unbranched alkanes of at least 4 members (excludes halogenated alkanes) is 2. The van der Waals surface area contributed by atoms with Gasteiger partial charge in [-0.1, -0.05) is 19.8 Å². The van der Waals surface area contributed by atoms with Crippen LogP contribution in [0.25, 0.3) is 0 Å². The molecule has 0 atom stereocenters. The van der Waals surface area contributed by atoms with Gasteiger partial charge in [0.2, 0.25) is 0 Å². The number of anilines is 3. The molecule has 0 heterocycles. The maximum atomic E-state index is 12.0. The molecule has 0 saturated carbocycles. The number of hydrogen-bond donors (Lipinski definition) is 2. The molecule has 0 unspecified atom stereocenters. The first-order valence-electron chi connectivity index (χ1n) is 8.80. The SMILES string of the molecule is CCCCCN(c1cc(NC(=O)OC(C)(C)C)ccc1N)C(C)C. The zero-order chi connectivity index (χ0) is 18.3. The molecular weight excluding hydrogens is 302 g/mol. The van der Waals surface area contributed by atoms with Crippen molar-refractivity contribution < 1.29 is 9.53 Å². The number of carbonyl (C=O) groups is 1. The minimum Gasteiger partial charge on any atom is -0.444 e. The topological polar surface area (TPSA) is 67.6 Å². The molecule has 0 fully saturated rings. The van der Waals surface area contributed by atoms with Crippen LogP contribution in [0.1, 0.15) is 60.8 Å². The van der Waals surface area contributed by atoms with Gasteiger partial charge < -0.3 is 15.4 Å². The number of hydrogen-bond acceptors (Lipinski definition) is 4. The fraction of sp³-hybridized carbons (Fsp3) is 0.632. The van der Waals surface area contributed by atoms with E-state index in [-0.39, 0.29) is 0 Å². The number of nitrogens with two attached hydrogens (primary N) is 1. The maximum Gasteiger partial charge on any atom is 0.412 e. The molecule has 0 saturated heterocycles. The highest BCUT2D eigenvalue weighted by atomic mass is 16.6. The van der Waals surface area contributed by atoms with E-state index in [2.05, 4.69) is 31.0 Å². The monoisotopic (exact) mass is 335 g/mol. The molecule has 1 aromatic carbocycles. The number of benzene rings is 1. The van der Waals surface area contributed by atoms with Gasteiger partial charge >= 0.3 is 6.09 Å². The largest absolute Gasteiger partial charge is 0.444 e. The van der Waals surface area contributed by atoms with Gasteiger partial charge in [-0.3, -0.25) is 5.32 Å². The first-order chi connectivity index (χ1) is 11.1. The number of ether oxygens (including phenoxy) is 1. The van der Waals surface area contributed by atoms with Gasteiger partial charge in [0, 0.05) is 18.3 Å². The first kappa shape index (κ1) is 20.1. The Morgan fingerprint density at radius 2 is 1.96 bits per heavy atom. The molecule has 0 aliphatic carbocycles. The molecule has 1 amide bonds. The van der Waals surface area contributed by atoms with Gasteiger partial charge in [0.05, 0.1) is 11.4 Å². The summed E-state index contributed by atoms with van der Waals surface area (Å²) in [7, 11) is 0. The smallest absolute Gasteiger partial charge is 0.412 e. The number of carbonyl (C=O) groups excluding carboxylic acids is 1. The molecule has 24 heavy (non-hydrogen) atoms. The van der Waals surface area contributed by atoms with Gasteiger partial charge in [-0.25, -0.2) is 4.79 Å². The number of amides is 1. The molecule has 5 nitrogen and oxygen atoms in total. The number of nitrogen functional groups attached to an aromatic ring is 1. The number of rotatable bonds is 7. The van der Waals surface area contributed by atoms with Crippen LogP contribution in [0.5, 0.6) is 0 Å². The highest BCUT2D eigenvalue weighted by molar-refractivity contribution is 5.87. The van der Waals surface area contributed by atoms with Gasteiger partial charge in [-0.2, -0.15) is 0 Å². The zero-order valence-corrected chi connectivity index (χ0v) is 16.0. The third-order valence-electron chi connectivity index (χ3n) is 3.61. The molecular formula is C19H33N3O2. The number of nitrogens with zero attached hydrogens (tertiary/aromatic N) is 1. The van der Waals surface area contributed by atoms with Crippen LogP contribution in [-0.4, -0.2) is 24.3 Å². The van der Waals surface area contributed by atoms with Gasteiger partial charge in [0.25, 0.3) is 0 Å². The van der Waals surface area contributed by atoms with Crippen LogP contribution in [-0.2, 0) is 4.74 Å². The lowest BCUT2D eigenvalue weighted by atomic mass is 10.1. The predicted octanol–water partition coefficient (Wildman–Crippen LogP) is 5.02. The Balaban J connectivity index is 2.92. The van der Waals surface area contributed by atoms with E-state index in [1.807, 2.05) is 32.9 Å². The van der Waals surface area contributed by atoms with Crippen LogP contribution in [0.3, 0.4) is 0 Å². The van der Waals surface area contributed by atoms with E-state index >= 15 is 0 Å². The highest BCUT2D eigenvalue weighted by Gasteiger charge is 2.18. The van der Waals surface area contributed by atoms with Crippen LogP contribution in [0.15, 0.2) is 18.2 Å². The molecule has 0 bridgehead atoms. The summed E-state index contributed by atoms with van der Waals surface area (Å²) in [5, 5.41) is 2.78. The summed E-state index contributed by atoms with van der Waals surface area (Å²) in [6, 6.07) is 5.89. The van der Waals surface area contributed by atoms with Crippen LogP contribution < -0.4 is 16.0 Å². The van der Waals surface area contributed by atoms with Crippen molar-refractivity contribution in [1.82, 2.24) is 0 Å². The summed E-state index contributed by atoms with van der Waals surface area (Å²) >= 11 is 0. The van der Waals surface area contributed by atoms with Crippen molar-refractivity contribution in [2.24, 2.45) is 0 Å². The lowest BCUT2D eigenvalue weighted by Gasteiger charge is -2.30. The summed E-state index contributed by atoms with van der Waals surface area (Å²) in [4.78, 5) is 14.2. The van der Waals surface area contributed by atoms with Crippen molar-refractivity contribution in [2.45, 2.75) is 72.4 Å². The second kappa shape index (κ2) is 8.81. The highest BCUT2D eigenvalue weighted by Crippen LogP contribution is 2.29. The molecule has 1 aromatic rings. The molecule has 0 aliphatic rings. The standard InChI is InChI=1S/C19H33N3O2/c1-7-8-9-12-22(14(2)3)17-13-15(10-11-16(17)20)21-18(23)24-19(4,5)6/h10-11,13-14H,7-9,12,20H2,1-6H3,(H,21,23). The molecule has 0 aromatic heterocycles. The van der Waals surface area contributed by atoms with E-state index in [0.29, 0.717) is 11.7 Å². The molecule has 136 valence electrons. The minimum absolute atomic E-state index is 0.334. The summed E-state index contributed by atoms with van der Waals surface area (Å²) in [5.74, 6) is 0. The number of nitrogens with one attached hydrogen (secondary N) is 1. The quantitative estimate of drug-likeness (QED) is 0.542. The van der Waals surface area contributed by atoms with Crippen LogP contribution in [0.4, 0.5) is 21.9 Å². The van der Waals surface area contributed by atoms with Crippen molar-refractivity contribution in [3.05, 3.63) is 18.2 Å². The summed E-state index contributed by atoms with van der Waals surface area (Å²) in [5.41, 5.74) is 8.02. The van der Waals surface area contributed by atoms with Crippen molar-refractivity contribution >= 4 is 23.2 Å². The van der Waals surface area contributed by atoms with E-state index in [9.17, 15) is 4.79 Å². The summed E-state index contributed by atoms with van der Waals surface area (Å²) < 4.78 is 5.30. The Hall–Kier alpha value is -1.91. The minimum atomic E-state index is -0.523. The van der Waals surface area contributed by atoms with Crippen molar-refractivity contribution in [2.75, 3.05) is 22.5 Å². The zero-order valence-electron chi connectivity index (χ0n) is 16.0. The third-order valence-corrected chi connectivity index (χ3v) is 3.61. The van der Waals surface area contributed by atoms with Crippen molar-refractivity contribution in [3.63, 3.8) is 0 Å². The van der Waals surface area contributed by atoms with Gasteiger partial charge in [0.1, 0.15) is 5.60 Å². The van der Waals surface area contributed by atoms with E-state index < -0.39 is 11.7 Å². The van der Waals surface area contributed by atoms with Gasteiger partial charge in [-0.15, -0.1) is 0 Å². The van der Waals surface area contributed by atoms with E-state index in [0.717, 1.165) is 24.3 Å². The Morgan fingerprint density at radius 1 is 1.29 bits per heavy atom. The normalized spacial score (nSPS) is 11.5. The van der Waals surface area contributed by atoms with Crippen LogP contribution in [0.2, 0.25) is 0 Å². The summed E-state index contributed by atoms with van der Waals surface area (Å²) in [6.07, 6.45) is 3.04. The molecule has 0 aliphatic heterocycles. The van der Waals surface area contributed by atoms with E-state index in [1.54, 1.807) is 6.07 Å². The second-order valence-corrected chi connectivity index (χ2v) is 7.39. The van der Waals surface area contributed by atoms with E-state index in [4.69, 9.17) is 10.5 Å². The summed E-state index contributed by atoms with van der Waals surface area (Å²) in [6.45, 7) is 13.0. The molecule has 1 rings (SSSR count). The molecule has 0 radical (unpaired) electrons. The first-order valence-corrected chi connectivity index (χ1v) is 8.80. The van der Waals surface area contributed by atoms with Crippen molar-refractivity contribution in [1.29, 1.82) is 0 Å². The Kier molecular flexibility index (Phi) is 7.39. The molecule has 5 heteroatoms. The molecule has 0 spiro atoms. The van der Waals surface area contributed by atoms with Crippen LogP contribution in [0, 0.1) is 0 Å². The Bertz CT molecular complexity index is 536. The average Bonchev–Trinajstić information content (AvgIpc) is 2.44. The van der Waals surface area contributed by atoms with Crippen LogP contribution >= 0.6 is 0 Å². The second-order valence-electron chi connectivity index (χ2n) is 7.39. The fourth-order valence-corrected chi connectivity index (χ4v) is 2.48. The Morgan fingerprint density at radius 3 is 2.50 bits per heavy atom. The molecule has 3 N–H and O–H groups in total. The van der Waals surface area contributed by atoms with E-state index in [1.165, 1.54) is 12.8 Å². The third kappa shape index (κ3) is 6.69. The van der Waals surface area contributed by atoms with Crippen molar-refractivity contribution in [3.8, 4) is 0 Å². The lowest BCUT2D eigenvalue weighted by Crippen LogP contribution is -2.32. The fourth-order valence-electron chi connectivity index (χ4n) is 2.48.